The van der Waals surface area contributed by atoms with Gasteiger partial charge in [0.05, 0.1) is 6.54 Å². The van der Waals surface area contributed by atoms with Crippen LogP contribution in [0.15, 0.2) is 24.2 Å². The van der Waals surface area contributed by atoms with Gasteiger partial charge in [-0.1, -0.05) is 18.4 Å². The Labute approximate surface area is 119 Å². The Morgan fingerprint density at radius 1 is 1.52 bits per heavy atom. The summed E-state index contributed by atoms with van der Waals surface area (Å²) in [4.78, 5) is 23.8. The van der Waals surface area contributed by atoms with E-state index in [9.17, 15) is 22.8 Å². The highest BCUT2D eigenvalue weighted by molar-refractivity contribution is 5.99. The fourth-order valence-electron chi connectivity index (χ4n) is 1.45. The summed E-state index contributed by atoms with van der Waals surface area (Å²) in [5.41, 5.74) is 0.0809. The van der Waals surface area contributed by atoms with Crippen molar-refractivity contribution in [3.05, 3.63) is 24.2 Å². The molecule has 2 N–H and O–H groups in total. The van der Waals surface area contributed by atoms with Gasteiger partial charge in [-0.15, -0.1) is 0 Å². The van der Waals surface area contributed by atoms with E-state index < -0.39 is 24.5 Å². The highest BCUT2D eigenvalue weighted by Crippen LogP contribution is 2.14. The summed E-state index contributed by atoms with van der Waals surface area (Å²) in [7, 11) is 0. The third kappa shape index (κ3) is 4.56. The number of carbonyl (C=O) groups excluding carboxylic acids is 2. The quantitative estimate of drug-likeness (QED) is 0.744. The zero-order valence-electron chi connectivity index (χ0n) is 11.5. The maximum Gasteiger partial charge on any atom is 0.471 e. The van der Waals surface area contributed by atoms with Crippen molar-refractivity contribution in [3.63, 3.8) is 0 Å². The van der Waals surface area contributed by atoms with Gasteiger partial charge in [-0.25, -0.2) is 0 Å². The Balaban J connectivity index is 2.72. The average Bonchev–Trinajstić information content (AvgIpc) is 2.34. The molecule has 0 aromatic heterocycles. The van der Waals surface area contributed by atoms with Crippen molar-refractivity contribution in [2.75, 3.05) is 6.54 Å². The normalized spacial score (nSPS) is 15.1. The first-order chi connectivity index (χ1) is 9.62. The molecule has 0 unspecified atom stereocenters. The van der Waals surface area contributed by atoms with Gasteiger partial charge in [-0.05, 0) is 13.8 Å². The van der Waals surface area contributed by atoms with E-state index in [1.807, 2.05) is 13.8 Å². The van der Waals surface area contributed by atoms with Crippen LogP contribution in [0.3, 0.4) is 0 Å². The molecule has 0 radical (unpaired) electrons. The molecular weight excluding hydrogens is 287 g/mol. The largest absolute Gasteiger partial charge is 0.471 e. The van der Waals surface area contributed by atoms with Crippen molar-refractivity contribution in [3.8, 4) is 11.8 Å². The van der Waals surface area contributed by atoms with E-state index in [4.69, 9.17) is 0 Å². The molecule has 0 aliphatic carbocycles. The van der Waals surface area contributed by atoms with Gasteiger partial charge in [0.25, 0.3) is 5.91 Å². The minimum Gasteiger partial charge on any atom is -0.337 e. The Morgan fingerprint density at radius 3 is 2.67 bits per heavy atom. The number of alkyl halides is 3. The van der Waals surface area contributed by atoms with Gasteiger partial charge in [-0.3, -0.25) is 9.59 Å². The predicted molar refractivity (Wildman–Crippen MR) is 69.2 cm³/mol. The molecule has 21 heavy (non-hydrogen) atoms. The number of amides is 2. The number of halogens is 3. The summed E-state index contributed by atoms with van der Waals surface area (Å²) in [6.45, 7) is 6.90. The number of hydrogen-bond donors (Lipinski definition) is 2. The highest BCUT2D eigenvalue weighted by atomic mass is 19.4. The van der Waals surface area contributed by atoms with Crippen LogP contribution in [-0.4, -0.2) is 35.5 Å². The van der Waals surface area contributed by atoms with E-state index in [2.05, 4.69) is 23.7 Å². The zero-order valence-corrected chi connectivity index (χ0v) is 11.5. The Morgan fingerprint density at radius 2 is 2.14 bits per heavy atom. The van der Waals surface area contributed by atoms with Gasteiger partial charge >= 0.3 is 12.1 Å². The van der Waals surface area contributed by atoms with Crippen LogP contribution in [0.2, 0.25) is 0 Å². The van der Waals surface area contributed by atoms with Crippen molar-refractivity contribution in [2.24, 2.45) is 0 Å². The standard InChI is InChI=1S/C13H14F3N3O2/c1-8(2)19-7-10(11(20)18-9(19)3)5-4-6-17-12(21)13(14,15)16/h7-8H,3,6H2,1-2H3,(H,17,21)(H,18,20). The molecule has 0 fully saturated rings. The zero-order chi connectivity index (χ0) is 16.2. The third-order valence-corrected chi connectivity index (χ3v) is 2.46. The maximum absolute atomic E-state index is 11.9. The number of nitrogens with one attached hydrogen (secondary N) is 2. The van der Waals surface area contributed by atoms with Crippen molar-refractivity contribution < 1.29 is 22.8 Å². The van der Waals surface area contributed by atoms with Crippen LogP contribution in [0, 0.1) is 11.8 Å². The molecule has 0 saturated carbocycles. The SMILES string of the molecule is C=C1NC(=O)C(C#CCNC(=O)C(F)(F)F)=CN1C(C)C. The second kappa shape index (κ2) is 6.35. The molecule has 1 aliphatic heterocycles. The molecule has 2 amide bonds. The number of rotatable bonds is 2. The Kier molecular flexibility index (Phi) is 5.02. The van der Waals surface area contributed by atoms with Crippen molar-refractivity contribution >= 4 is 11.8 Å². The number of nitrogens with zero attached hydrogens (tertiary/aromatic N) is 1. The van der Waals surface area contributed by atoms with Crippen molar-refractivity contribution in [2.45, 2.75) is 26.1 Å². The Hall–Kier alpha value is -2.43. The van der Waals surface area contributed by atoms with E-state index in [1.54, 1.807) is 10.2 Å². The lowest BCUT2D eigenvalue weighted by atomic mass is 10.2. The van der Waals surface area contributed by atoms with Gasteiger partial charge in [0.2, 0.25) is 0 Å². The van der Waals surface area contributed by atoms with Gasteiger partial charge in [0, 0.05) is 12.2 Å². The lowest BCUT2D eigenvalue weighted by Crippen LogP contribution is -2.40. The van der Waals surface area contributed by atoms with Crippen LogP contribution in [-0.2, 0) is 9.59 Å². The topological polar surface area (TPSA) is 61.4 Å². The van der Waals surface area contributed by atoms with Crippen LogP contribution in [0.4, 0.5) is 13.2 Å². The van der Waals surface area contributed by atoms with Gasteiger partial charge in [0.1, 0.15) is 11.4 Å². The average molecular weight is 301 g/mol. The summed E-state index contributed by atoms with van der Waals surface area (Å²) in [5.74, 6) is 2.54. The molecular formula is C13H14F3N3O2. The Bertz CT molecular complexity index is 553. The summed E-state index contributed by atoms with van der Waals surface area (Å²) in [5, 5.41) is 4.08. The fourth-order valence-corrected chi connectivity index (χ4v) is 1.45. The van der Waals surface area contributed by atoms with Crippen LogP contribution < -0.4 is 10.6 Å². The molecule has 1 rings (SSSR count). The molecule has 8 heteroatoms. The molecule has 0 atom stereocenters. The van der Waals surface area contributed by atoms with E-state index in [-0.39, 0.29) is 11.6 Å². The maximum atomic E-state index is 11.9. The smallest absolute Gasteiger partial charge is 0.337 e. The lowest BCUT2D eigenvalue weighted by Gasteiger charge is -2.30. The van der Waals surface area contributed by atoms with Gasteiger partial charge in [0.15, 0.2) is 0 Å². The fraction of sp³-hybridized carbons (Fsp3) is 0.385. The summed E-state index contributed by atoms with van der Waals surface area (Å²) < 4.78 is 35.8. The van der Waals surface area contributed by atoms with Crippen LogP contribution >= 0.6 is 0 Å². The van der Waals surface area contributed by atoms with Gasteiger partial charge < -0.3 is 15.5 Å². The minimum absolute atomic E-state index is 0.0276. The molecule has 0 saturated heterocycles. The molecule has 0 spiro atoms. The molecule has 0 bridgehead atoms. The van der Waals surface area contributed by atoms with E-state index in [1.165, 1.54) is 6.20 Å². The van der Waals surface area contributed by atoms with E-state index in [0.29, 0.717) is 5.82 Å². The monoisotopic (exact) mass is 301 g/mol. The number of carbonyl (C=O) groups is 2. The predicted octanol–water partition coefficient (Wildman–Crippen LogP) is 0.864. The second-order valence-electron chi connectivity index (χ2n) is 4.43. The third-order valence-electron chi connectivity index (χ3n) is 2.46. The summed E-state index contributed by atoms with van der Waals surface area (Å²) in [6.07, 6.45) is -3.49. The van der Waals surface area contributed by atoms with Crippen molar-refractivity contribution in [1.82, 2.24) is 15.5 Å². The summed E-state index contributed by atoms with van der Waals surface area (Å²) >= 11 is 0. The number of hydrogen-bond acceptors (Lipinski definition) is 3. The highest BCUT2D eigenvalue weighted by Gasteiger charge is 2.38. The van der Waals surface area contributed by atoms with Gasteiger partial charge in [-0.2, -0.15) is 13.2 Å². The molecule has 0 aromatic carbocycles. The van der Waals surface area contributed by atoms with Crippen LogP contribution in [0.5, 0.6) is 0 Å². The first-order valence-electron chi connectivity index (χ1n) is 5.97. The molecule has 114 valence electrons. The molecule has 1 heterocycles. The van der Waals surface area contributed by atoms with E-state index >= 15 is 0 Å². The van der Waals surface area contributed by atoms with Crippen LogP contribution in [0.1, 0.15) is 13.8 Å². The second-order valence-corrected chi connectivity index (χ2v) is 4.43. The first-order valence-corrected chi connectivity index (χ1v) is 5.97. The molecule has 0 aromatic rings. The minimum atomic E-state index is -4.95. The van der Waals surface area contributed by atoms with E-state index in [0.717, 1.165) is 0 Å². The molecule has 5 nitrogen and oxygen atoms in total. The first kappa shape index (κ1) is 16.6. The van der Waals surface area contributed by atoms with Crippen LogP contribution in [0.25, 0.3) is 0 Å². The van der Waals surface area contributed by atoms with Crippen molar-refractivity contribution in [1.29, 1.82) is 0 Å². The molecule has 1 aliphatic rings. The lowest BCUT2D eigenvalue weighted by molar-refractivity contribution is -0.173. The summed E-state index contributed by atoms with van der Waals surface area (Å²) in [6, 6.07) is 0.0276.